The van der Waals surface area contributed by atoms with Crippen LogP contribution in [-0.2, 0) is 16.0 Å². The smallest absolute Gasteiger partial charge is 0.243 e. The van der Waals surface area contributed by atoms with Gasteiger partial charge in [-0.1, -0.05) is 13.0 Å². The van der Waals surface area contributed by atoms with Crippen LogP contribution in [0, 0.1) is 0 Å². The molecule has 2 amide bonds. The zero-order valence-corrected chi connectivity index (χ0v) is 13.8. The maximum absolute atomic E-state index is 12.4. The molecule has 0 radical (unpaired) electrons. The molecule has 5 nitrogen and oxygen atoms in total. The van der Waals surface area contributed by atoms with E-state index < -0.39 is 0 Å². The van der Waals surface area contributed by atoms with Gasteiger partial charge in [0.25, 0.3) is 0 Å². The average molecular weight is 324 g/mol. The molecule has 2 rings (SSSR count). The van der Waals surface area contributed by atoms with Crippen LogP contribution in [0.4, 0.5) is 0 Å². The fourth-order valence-corrected chi connectivity index (χ4v) is 3.53. The number of hydrogen-bond acceptors (Lipinski definition) is 4. The highest BCUT2D eigenvalue weighted by molar-refractivity contribution is 7.10. The topological polar surface area (TPSA) is 69.6 Å². The predicted octanol–water partition coefficient (Wildman–Crippen LogP) is 1.56. The maximum Gasteiger partial charge on any atom is 0.243 e. The van der Waals surface area contributed by atoms with Crippen molar-refractivity contribution in [3.63, 3.8) is 0 Å². The summed E-state index contributed by atoms with van der Waals surface area (Å²) >= 11 is 1.56. The third-order valence-electron chi connectivity index (χ3n) is 4.10. The first-order valence-electron chi connectivity index (χ1n) is 7.88. The highest BCUT2D eigenvalue weighted by atomic mass is 32.1. The Hall–Kier alpha value is -1.40. The van der Waals surface area contributed by atoms with E-state index in [1.807, 2.05) is 24.4 Å². The molecule has 22 heavy (non-hydrogen) atoms. The van der Waals surface area contributed by atoms with Gasteiger partial charge in [0.15, 0.2) is 0 Å². The molecular weight excluding hydrogens is 300 g/mol. The number of nitrogens with zero attached hydrogens (tertiary/aromatic N) is 1. The second-order valence-electron chi connectivity index (χ2n) is 5.63. The van der Waals surface area contributed by atoms with Gasteiger partial charge in [-0.05, 0) is 37.1 Å². The number of rotatable bonds is 7. The Balaban J connectivity index is 1.94. The van der Waals surface area contributed by atoms with Crippen LogP contribution in [-0.4, -0.2) is 47.1 Å². The van der Waals surface area contributed by atoms with Crippen molar-refractivity contribution in [2.24, 2.45) is 0 Å². The van der Waals surface area contributed by atoms with Gasteiger partial charge in [-0.3, -0.25) is 9.59 Å². The highest BCUT2D eigenvalue weighted by Crippen LogP contribution is 2.20. The van der Waals surface area contributed by atoms with Crippen LogP contribution in [0.25, 0.3) is 0 Å². The fraction of sp³-hybridized carbons (Fsp3) is 0.625. The van der Waals surface area contributed by atoms with Crippen molar-refractivity contribution >= 4 is 23.2 Å². The minimum atomic E-state index is -0.361. The quantitative estimate of drug-likeness (QED) is 0.800. The third-order valence-corrected chi connectivity index (χ3v) is 4.97. The number of carbonyl (C=O) groups is 2. The molecule has 0 spiro atoms. The van der Waals surface area contributed by atoms with E-state index in [9.17, 15) is 9.59 Å². The zero-order chi connectivity index (χ0) is 15.9. The molecule has 2 atom stereocenters. The van der Waals surface area contributed by atoms with Gasteiger partial charge < -0.3 is 15.3 Å². The third kappa shape index (κ3) is 4.30. The average Bonchev–Trinajstić information content (AvgIpc) is 3.17. The number of amides is 2. The summed E-state index contributed by atoms with van der Waals surface area (Å²) in [5.74, 6) is -0.0624. The molecule has 1 aliphatic rings. The maximum atomic E-state index is 12.4. The number of aliphatic hydroxyl groups is 1. The summed E-state index contributed by atoms with van der Waals surface area (Å²) in [5, 5.41) is 13.9. The van der Waals surface area contributed by atoms with E-state index in [4.69, 9.17) is 5.11 Å². The summed E-state index contributed by atoms with van der Waals surface area (Å²) in [5.41, 5.74) is 0. The molecule has 1 aromatic rings. The SMILES string of the molecule is CCC(CCO)NC(=O)C1CCCN1C(=O)Cc1cccs1. The van der Waals surface area contributed by atoms with Crippen LogP contribution in [0.15, 0.2) is 17.5 Å². The molecule has 0 bridgehead atoms. The lowest BCUT2D eigenvalue weighted by Gasteiger charge is -2.26. The Bertz CT molecular complexity index is 490. The minimum absolute atomic E-state index is 0.0210. The van der Waals surface area contributed by atoms with Gasteiger partial charge in [0, 0.05) is 24.1 Å². The summed E-state index contributed by atoms with van der Waals surface area (Å²) in [4.78, 5) is 27.6. The van der Waals surface area contributed by atoms with Crippen LogP contribution < -0.4 is 5.32 Å². The molecule has 0 aromatic carbocycles. The van der Waals surface area contributed by atoms with Gasteiger partial charge in [-0.2, -0.15) is 0 Å². The van der Waals surface area contributed by atoms with E-state index in [0.29, 0.717) is 19.4 Å². The summed E-state index contributed by atoms with van der Waals surface area (Å²) in [7, 11) is 0. The molecular formula is C16H24N2O3S. The van der Waals surface area contributed by atoms with Crippen LogP contribution in [0.1, 0.15) is 37.5 Å². The minimum Gasteiger partial charge on any atom is -0.396 e. The summed E-state index contributed by atoms with van der Waals surface area (Å²) < 4.78 is 0. The largest absolute Gasteiger partial charge is 0.396 e. The standard InChI is InChI=1S/C16H24N2O3S/c1-2-12(7-9-19)17-16(21)14-6-3-8-18(14)15(20)11-13-5-4-10-22-13/h4-5,10,12,14,19H,2-3,6-9,11H2,1H3,(H,17,21). The van der Waals surface area contributed by atoms with Crippen LogP contribution in [0.2, 0.25) is 0 Å². The van der Waals surface area contributed by atoms with E-state index in [-0.39, 0.29) is 30.5 Å². The van der Waals surface area contributed by atoms with E-state index in [1.54, 1.807) is 16.2 Å². The molecule has 2 heterocycles. The second-order valence-corrected chi connectivity index (χ2v) is 6.66. The number of likely N-dealkylation sites (tertiary alicyclic amines) is 1. The lowest BCUT2D eigenvalue weighted by atomic mass is 10.1. The molecule has 6 heteroatoms. The predicted molar refractivity (Wildman–Crippen MR) is 86.7 cm³/mol. The van der Waals surface area contributed by atoms with E-state index in [2.05, 4.69) is 5.32 Å². The monoisotopic (exact) mass is 324 g/mol. The number of hydrogen-bond donors (Lipinski definition) is 2. The molecule has 0 aliphatic carbocycles. The molecule has 0 saturated carbocycles. The zero-order valence-electron chi connectivity index (χ0n) is 13.0. The van der Waals surface area contributed by atoms with Gasteiger partial charge >= 0.3 is 0 Å². The Morgan fingerprint density at radius 2 is 2.36 bits per heavy atom. The fourth-order valence-electron chi connectivity index (χ4n) is 2.83. The molecule has 1 saturated heterocycles. The van der Waals surface area contributed by atoms with Gasteiger partial charge in [-0.15, -0.1) is 11.3 Å². The van der Waals surface area contributed by atoms with E-state index >= 15 is 0 Å². The summed E-state index contributed by atoms with van der Waals surface area (Å²) in [6.45, 7) is 2.69. The molecule has 2 N–H and O–H groups in total. The number of aliphatic hydroxyl groups excluding tert-OH is 1. The first kappa shape index (κ1) is 17.0. The molecule has 1 fully saturated rings. The van der Waals surface area contributed by atoms with Crippen LogP contribution in [0.5, 0.6) is 0 Å². The van der Waals surface area contributed by atoms with Crippen molar-refractivity contribution < 1.29 is 14.7 Å². The Morgan fingerprint density at radius 1 is 1.55 bits per heavy atom. The van der Waals surface area contributed by atoms with Gasteiger partial charge in [-0.25, -0.2) is 0 Å². The highest BCUT2D eigenvalue weighted by Gasteiger charge is 2.34. The normalized spacial score (nSPS) is 19.2. The molecule has 1 aromatic heterocycles. The number of nitrogens with one attached hydrogen (secondary N) is 1. The van der Waals surface area contributed by atoms with Crippen molar-refractivity contribution in [3.05, 3.63) is 22.4 Å². The lowest BCUT2D eigenvalue weighted by molar-refractivity contribution is -0.138. The van der Waals surface area contributed by atoms with Crippen molar-refractivity contribution in [3.8, 4) is 0 Å². The van der Waals surface area contributed by atoms with Gasteiger partial charge in [0.05, 0.1) is 6.42 Å². The molecule has 2 unspecified atom stereocenters. The van der Waals surface area contributed by atoms with Crippen molar-refractivity contribution in [2.45, 2.75) is 51.1 Å². The van der Waals surface area contributed by atoms with Crippen LogP contribution in [0.3, 0.4) is 0 Å². The van der Waals surface area contributed by atoms with Crippen molar-refractivity contribution in [1.82, 2.24) is 10.2 Å². The first-order chi connectivity index (χ1) is 10.7. The van der Waals surface area contributed by atoms with Crippen LogP contribution >= 0.6 is 11.3 Å². The van der Waals surface area contributed by atoms with Gasteiger partial charge in [0.2, 0.25) is 11.8 Å². The number of thiophene rings is 1. The summed E-state index contributed by atoms with van der Waals surface area (Å²) in [6.07, 6.45) is 3.29. The summed E-state index contributed by atoms with van der Waals surface area (Å²) in [6, 6.07) is 3.50. The van der Waals surface area contributed by atoms with Gasteiger partial charge in [0.1, 0.15) is 6.04 Å². The Morgan fingerprint density at radius 3 is 3.00 bits per heavy atom. The Kier molecular flexibility index (Phi) is 6.39. The van der Waals surface area contributed by atoms with Crippen molar-refractivity contribution in [2.75, 3.05) is 13.2 Å². The van der Waals surface area contributed by atoms with E-state index in [1.165, 1.54) is 0 Å². The second kappa shape index (κ2) is 8.29. The Labute approximate surface area is 135 Å². The number of carbonyl (C=O) groups excluding carboxylic acids is 2. The molecule has 1 aliphatic heterocycles. The molecule has 122 valence electrons. The lowest BCUT2D eigenvalue weighted by Crippen LogP contribution is -2.49. The van der Waals surface area contributed by atoms with E-state index in [0.717, 1.165) is 24.1 Å². The van der Waals surface area contributed by atoms with Crippen molar-refractivity contribution in [1.29, 1.82) is 0 Å². The first-order valence-corrected chi connectivity index (χ1v) is 8.76.